The maximum atomic E-state index is 5.47. The van der Waals surface area contributed by atoms with Crippen molar-refractivity contribution in [3.8, 4) is 45.1 Å². The van der Waals surface area contributed by atoms with E-state index >= 15 is 0 Å². The van der Waals surface area contributed by atoms with E-state index in [0.29, 0.717) is 0 Å². The summed E-state index contributed by atoms with van der Waals surface area (Å²) in [5.41, 5.74) is 12.6. The van der Waals surface area contributed by atoms with Crippen LogP contribution in [-0.2, 0) is 0 Å². The van der Waals surface area contributed by atoms with Crippen LogP contribution in [0.2, 0.25) is 13.1 Å². The lowest BCUT2D eigenvalue weighted by Gasteiger charge is -2.19. The Kier molecular flexibility index (Phi) is 6.37. The van der Waals surface area contributed by atoms with Crippen LogP contribution < -0.4 is 10.5 Å². The van der Waals surface area contributed by atoms with Crippen molar-refractivity contribution < 1.29 is 0 Å². The Labute approximate surface area is 308 Å². The number of aromatic nitrogens is 4. The lowest BCUT2D eigenvalue weighted by atomic mass is 10.0. The number of nitrogens with zero attached hydrogens (tertiary/aromatic N) is 4. The largest absolute Gasteiger partial charge is 0.309 e. The average Bonchev–Trinajstić information content (AvgIpc) is 3.81. The van der Waals surface area contributed by atoms with Crippen LogP contribution in [0.15, 0.2) is 170 Å². The van der Waals surface area contributed by atoms with Gasteiger partial charge >= 0.3 is 0 Å². The van der Waals surface area contributed by atoms with Gasteiger partial charge in [0.25, 0.3) is 0 Å². The first-order valence-electron chi connectivity index (χ1n) is 18.3. The molecule has 53 heavy (non-hydrogen) atoms. The zero-order valence-corrected chi connectivity index (χ0v) is 30.5. The van der Waals surface area contributed by atoms with Crippen LogP contribution in [0.3, 0.4) is 0 Å². The quantitative estimate of drug-likeness (QED) is 0.172. The van der Waals surface area contributed by atoms with Crippen molar-refractivity contribution in [2.24, 2.45) is 0 Å². The lowest BCUT2D eigenvalue weighted by molar-refractivity contribution is 1.16. The van der Waals surface area contributed by atoms with Gasteiger partial charge in [-0.1, -0.05) is 134 Å². The van der Waals surface area contributed by atoms with E-state index in [1.807, 2.05) is 0 Å². The van der Waals surface area contributed by atoms with Gasteiger partial charge in [-0.2, -0.15) is 0 Å². The smallest absolute Gasteiger partial charge is 0.159 e. The molecule has 0 amide bonds. The van der Waals surface area contributed by atoms with Gasteiger partial charge in [0, 0.05) is 54.9 Å². The Bertz CT molecular complexity index is 3080. The fourth-order valence-corrected chi connectivity index (χ4v) is 11.8. The molecule has 10 aromatic rings. The number of rotatable bonds is 4. The molecule has 3 aromatic heterocycles. The molecule has 1 aliphatic rings. The lowest BCUT2D eigenvalue weighted by Crippen LogP contribution is -2.50. The van der Waals surface area contributed by atoms with E-state index in [4.69, 9.17) is 9.97 Å². The van der Waals surface area contributed by atoms with Crippen LogP contribution in [0.4, 0.5) is 0 Å². The highest BCUT2D eigenvalue weighted by atomic mass is 28.3. The highest BCUT2D eigenvalue weighted by molar-refractivity contribution is 7.03. The van der Waals surface area contributed by atoms with Gasteiger partial charge < -0.3 is 9.13 Å². The van der Waals surface area contributed by atoms with Gasteiger partial charge in [0.05, 0.1) is 27.8 Å². The summed E-state index contributed by atoms with van der Waals surface area (Å²) in [7, 11) is -2.08. The summed E-state index contributed by atoms with van der Waals surface area (Å²) in [4.78, 5) is 10.9. The highest BCUT2D eigenvalue weighted by Gasteiger charge is 2.41. The van der Waals surface area contributed by atoms with Crippen molar-refractivity contribution in [1.29, 1.82) is 0 Å². The second-order valence-electron chi connectivity index (χ2n) is 14.6. The second-order valence-corrected chi connectivity index (χ2v) is 18.9. The van der Waals surface area contributed by atoms with E-state index in [9.17, 15) is 0 Å². The van der Waals surface area contributed by atoms with Gasteiger partial charge in [0.15, 0.2) is 5.82 Å². The SMILES string of the molecule is C[Si]1(C)c2ccccc2-c2c(-c3ccccc3)nc(-c3cccc(-n4c5ccccc5c5c6c7ccccc7n(-c7ccccc7)c6ccc54)c3)nc21. The van der Waals surface area contributed by atoms with Gasteiger partial charge in [0.2, 0.25) is 0 Å². The first kappa shape index (κ1) is 30.1. The fourth-order valence-electron chi connectivity index (χ4n) is 8.91. The van der Waals surface area contributed by atoms with E-state index in [2.05, 4.69) is 192 Å². The fraction of sp³-hybridized carbons (Fsp3) is 0.0417. The predicted molar refractivity (Wildman–Crippen MR) is 224 cm³/mol. The summed E-state index contributed by atoms with van der Waals surface area (Å²) >= 11 is 0. The molecule has 0 aliphatic carbocycles. The maximum absolute atomic E-state index is 5.47. The molecule has 0 saturated heterocycles. The van der Waals surface area contributed by atoms with Crippen molar-refractivity contribution in [1.82, 2.24) is 19.1 Å². The number of hydrogen-bond acceptors (Lipinski definition) is 2. The molecule has 250 valence electrons. The van der Waals surface area contributed by atoms with E-state index < -0.39 is 8.07 Å². The number of para-hydroxylation sites is 3. The summed E-state index contributed by atoms with van der Waals surface area (Å²) in [5, 5.41) is 7.66. The van der Waals surface area contributed by atoms with Crippen molar-refractivity contribution >= 4 is 62.2 Å². The Balaban J connectivity index is 1.16. The minimum atomic E-state index is -2.08. The molecule has 0 unspecified atom stereocenters. The molecule has 5 heteroatoms. The molecule has 0 saturated carbocycles. The van der Waals surface area contributed by atoms with Crippen LogP contribution in [0.1, 0.15) is 0 Å². The summed E-state index contributed by atoms with van der Waals surface area (Å²) in [6, 6.07) is 61.2. The van der Waals surface area contributed by atoms with E-state index in [1.54, 1.807) is 0 Å². The third-order valence-electron chi connectivity index (χ3n) is 11.3. The van der Waals surface area contributed by atoms with Crippen LogP contribution in [-0.4, -0.2) is 27.2 Å². The monoisotopic (exact) mass is 694 g/mol. The molecular weight excluding hydrogens is 661 g/mol. The molecule has 7 aromatic carbocycles. The molecule has 0 fully saturated rings. The van der Waals surface area contributed by atoms with E-state index in [-0.39, 0.29) is 0 Å². The van der Waals surface area contributed by atoms with Crippen molar-refractivity contribution in [3.05, 3.63) is 170 Å². The minimum Gasteiger partial charge on any atom is -0.309 e. The van der Waals surface area contributed by atoms with E-state index in [0.717, 1.165) is 34.0 Å². The summed E-state index contributed by atoms with van der Waals surface area (Å²) < 4.78 is 4.82. The Morgan fingerprint density at radius 3 is 1.70 bits per heavy atom. The molecule has 0 spiro atoms. The van der Waals surface area contributed by atoms with Crippen molar-refractivity contribution in [3.63, 3.8) is 0 Å². The molecule has 4 heterocycles. The first-order valence-corrected chi connectivity index (χ1v) is 21.3. The molecule has 11 rings (SSSR count). The van der Waals surface area contributed by atoms with E-state index in [1.165, 1.54) is 65.2 Å². The molecular formula is C48H34N4Si. The van der Waals surface area contributed by atoms with Gasteiger partial charge in [-0.15, -0.1) is 0 Å². The number of benzene rings is 7. The summed E-state index contributed by atoms with van der Waals surface area (Å²) in [5.74, 6) is 0.770. The third-order valence-corrected chi connectivity index (χ3v) is 14.6. The van der Waals surface area contributed by atoms with Crippen LogP contribution >= 0.6 is 0 Å². The van der Waals surface area contributed by atoms with Gasteiger partial charge in [0.1, 0.15) is 8.07 Å². The summed E-state index contributed by atoms with van der Waals surface area (Å²) in [6.07, 6.45) is 0. The molecule has 0 N–H and O–H groups in total. The number of hydrogen-bond donors (Lipinski definition) is 0. The highest BCUT2D eigenvalue weighted by Crippen LogP contribution is 2.43. The molecule has 0 radical (unpaired) electrons. The van der Waals surface area contributed by atoms with Gasteiger partial charge in [-0.05, 0) is 59.3 Å². The first-order chi connectivity index (χ1) is 26.1. The molecule has 0 atom stereocenters. The Hall–Kier alpha value is -6.56. The molecule has 1 aliphatic heterocycles. The minimum absolute atomic E-state index is 0.770. The molecule has 0 bridgehead atoms. The average molecular weight is 695 g/mol. The predicted octanol–water partition coefficient (Wildman–Crippen LogP) is 10.8. The van der Waals surface area contributed by atoms with Crippen LogP contribution in [0, 0.1) is 0 Å². The van der Waals surface area contributed by atoms with Gasteiger partial charge in [-0.25, -0.2) is 9.97 Å². The second kappa shape index (κ2) is 11.2. The molecule has 4 nitrogen and oxygen atoms in total. The zero-order valence-electron chi connectivity index (χ0n) is 29.5. The van der Waals surface area contributed by atoms with Crippen LogP contribution in [0.25, 0.3) is 88.8 Å². The summed E-state index contributed by atoms with van der Waals surface area (Å²) in [6.45, 7) is 4.85. The Morgan fingerprint density at radius 1 is 0.453 bits per heavy atom. The third kappa shape index (κ3) is 4.29. The maximum Gasteiger partial charge on any atom is 0.159 e. The topological polar surface area (TPSA) is 35.6 Å². The normalized spacial score (nSPS) is 13.2. The Morgan fingerprint density at radius 2 is 1.00 bits per heavy atom. The van der Waals surface area contributed by atoms with Crippen molar-refractivity contribution in [2.75, 3.05) is 0 Å². The van der Waals surface area contributed by atoms with Crippen molar-refractivity contribution in [2.45, 2.75) is 13.1 Å². The van der Waals surface area contributed by atoms with Crippen LogP contribution in [0.5, 0.6) is 0 Å². The standard InChI is InChI=1S/C48H34N4Si/c1-53(2)42-27-14-11-24-37(42)45-46(31-16-5-3-6-17-31)49-47(50-48(45)53)32-18-15-21-34(30-32)52-39-26-13-10-23-36(39)44-41(52)29-28-40-43(44)35-22-9-12-25-38(35)51(40)33-19-7-4-8-20-33/h3-30H,1-2H3. The van der Waals surface area contributed by atoms with Gasteiger partial charge in [-0.3, -0.25) is 0 Å². The zero-order chi connectivity index (χ0) is 35.3. The number of fused-ring (bicyclic) bond motifs is 10.